The predicted molar refractivity (Wildman–Crippen MR) is 117 cm³/mol. The number of benzene rings is 2. The molecule has 8 nitrogen and oxygen atoms in total. The van der Waals surface area contributed by atoms with Crippen LogP contribution in [0.2, 0.25) is 0 Å². The molecule has 1 aromatic heterocycles. The van der Waals surface area contributed by atoms with E-state index in [9.17, 15) is 14.9 Å². The summed E-state index contributed by atoms with van der Waals surface area (Å²) in [6, 6.07) is 19.2. The van der Waals surface area contributed by atoms with E-state index >= 15 is 0 Å². The van der Waals surface area contributed by atoms with Gasteiger partial charge in [0, 0.05) is 36.6 Å². The van der Waals surface area contributed by atoms with E-state index in [1.807, 2.05) is 48.5 Å². The highest BCUT2D eigenvalue weighted by Crippen LogP contribution is 2.28. The van der Waals surface area contributed by atoms with E-state index in [1.165, 1.54) is 6.07 Å². The summed E-state index contributed by atoms with van der Waals surface area (Å²) in [6.45, 7) is 1.23. The summed E-state index contributed by atoms with van der Waals surface area (Å²) in [5, 5.41) is 20.5. The molecule has 1 amide bonds. The van der Waals surface area contributed by atoms with Crippen LogP contribution in [0.5, 0.6) is 0 Å². The topological polar surface area (TPSA) is 109 Å². The van der Waals surface area contributed by atoms with Gasteiger partial charge in [0.15, 0.2) is 0 Å². The largest absolute Gasteiger partial charge is 0.370 e. The number of nitro benzene ring substituents is 1. The van der Waals surface area contributed by atoms with E-state index < -0.39 is 4.92 Å². The molecule has 0 saturated heterocycles. The molecule has 0 aliphatic rings. The number of para-hydroxylation sites is 1. The van der Waals surface area contributed by atoms with Crippen LogP contribution in [-0.2, 0) is 0 Å². The Balaban J connectivity index is 1.50. The number of amides is 1. The number of rotatable bonds is 10. The van der Waals surface area contributed by atoms with E-state index in [0.29, 0.717) is 12.2 Å². The van der Waals surface area contributed by atoms with Gasteiger partial charge in [-0.25, -0.2) is 4.98 Å². The average molecular weight is 405 g/mol. The monoisotopic (exact) mass is 405 g/mol. The summed E-state index contributed by atoms with van der Waals surface area (Å²) in [7, 11) is 0. The average Bonchev–Trinajstić information content (AvgIpc) is 2.77. The number of carbonyl (C=O) groups is 1. The lowest BCUT2D eigenvalue weighted by molar-refractivity contribution is -0.383. The highest BCUT2D eigenvalue weighted by molar-refractivity contribution is 5.95. The number of carbonyl (C=O) groups excluding carboxylic acids is 1. The highest BCUT2D eigenvalue weighted by atomic mass is 16.6. The quantitative estimate of drug-likeness (QED) is 0.263. The third kappa shape index (κ3) is 6.03. The number of hydrogen-bond donors (Lipinski definition) is 3. The van der Waals surface area contributed by atoms with E-state index in [2.05, 4.69) is 20.9 Å². The second kappa shape index (κ2) is 10.6. The first-order valence-corrected chi connectivity index (χ1v) is 9.67. The van der Waals surface area contributed by atoms with Crippen molar-refractivity contribution in [3.63, 3.8) is 0 Å². The maximum Gasteiger partial charge on any atom is 0.293 e. The van der Waals surface area contributed by atoms with Crippen molar-refractivity contribution in [2.45, 2.75) is 12.8 Å². The van der Waals surface area contributed by atoms with Gasteiger partial charge in [-0.1, -0.05) is 24.3 Å². The van der Waals surface area contributed by atoms with Crippen molar-refractivity contribution < 1.29 is 9.72 Å². The lowest BCUT2D eigenvalue weighted by Gasteiger charge is -2.09. The number of nitrogens with zero attached hydrogens (tertiary/aromatic N) is 2. The molecule has 0 unspecified atom stereocenters. The molecule has 0 aliphatic carbocycles. The fourth-order valence-corrected chi connectivity index (χ4v) is 2.84. The molecule has 3 rings (SSSR count). The summed E-state index contributed by atoms with van der Waals surface area (Å²) in [4.78, 5) is 27.5. The van der Waals surface area contributed by atoms with Gasteiger partial charge < -0.3 is 16.0 Å². The molecule has 0 fully saturated rings. The maximum absolute atomic E-state index is 12.4. The Morgan fingerprint density at radius 3 is 2.47 bits per heavy atom. The normalized spacial score (nSPS) is 10.3. The Bertz CT molecular complexity index is 981. The van der Waals surface area contributed by atoms with Crippen LogP contribution in [0, 0.1) is 10.1 Å². The van der Waals surface area contributed by atoms with Crippen LogP contribution in [0.25, 0.3) is 0 Å². The number of unbranched alkanes of at least 4 members (excludes halogenated alkanes) is 1. The van der Waals surface area contributed by atoms with Crippen LogP contribution in [-0.4, -0.2) is 28.9 Å². The molecule has 0 spiro atoms. The van der Waals surface area contributed by atoms with E-state index in [1.54, 1.807) is 18.3 Å². The lowest BCUT2D eigenvalue weighted by Crippen LogP contribution is -2.25. The van der Waals surface area contributed by atoms with Gasteiger partial charge in [0.2, 0.25) is 0 Å². The third-order valence-electron chi connectivity index (χ3n) is 4.37. The SMILES string of the molecule is O=C(NCCCCNc1ccccn1)c1ccc(Nc2ccccc2)c([N+](=O)[O-])c1. The fourth-order valence-electron chi connectivity index (χ4n) is 2.84. The zero-order chi connectivity index (χ0) is 21.2. The molecule has 0 aliphatic heterocycles. The highest BCUT2D eigenvalue weighted by Gasteiger charge is 2.17. The maximum atomic E-state index is 12.4. The number of nitro groups is 1. The van der Waals surface area contributed by atoms with Crippen molar-refractivity contribution in [2.24, 2.45) is 0 Å². The zero-order valence-electron chi connectivity index (χ0n) is 16.4. The van der Waals surface area contributed by atoms with E-state index in [-0.39, 0.29) is 17.2 Å². The second-order valence-corrected chi connectivity index (χ2v) is 6.58. The van der Waals surface area contributed by atoms with Crippen molar-refractivity contribution in [1.29, 1.82) is 0 Å². The molecule has 0 atom stereocenters. The Kier molecular flexibility index (Phi) is 7.32. The Morgan fingerprint density at radius 1 is 0.967 bits per heavy atom. The summed E-state index contributed by atoms with van der Waals surface area (Å²) >= 11 is 0. The smallest absolute Gasteiger partial charge is 0.293 e. The van der Waals surface area contributed by atoms with Gasteiger partial charge >= 0.3 is 0 Å². The molecule has 154 valence electrons. The minimum atomic E-state index is -0.495. The van der Waals surface area contributed by atoms with Crippen LogP contribution < -0.4 is 16.0 Å². The van der Waals surface area contributed by atoms with Crippen LogP contribution in [0.15, 0.2) is 72.9 Å². The molecule has 8 heteroatoms. The Hall–Kier alpha value is -3.94. The summed E-state index contributed by atoms with van der Waals surface area (Å²) < 4.78 is 0. The van der Waals surface area contributed by atoms with Crippen LogP contribution in [0.3, 0.4) is 0 Å². The molecule has 0 bridgehead atoms. The van der Waals surface area contributed by atoms with E-state index in [0.717, 1.165) is 30.9 Å². The molecule has 0 saturated carbocycles. The van der Waals surface area contributed by atoms with Gasteiger partial charge in [-0.15, -0.1) is 0 Å². The minimum absolute atomic E-state index is 0.147. The van der Waals surface area contributed by atoms with Gasteiger partial charge in [-0.2, -0.15) is 0 Å². The summed E-state index contributed by atoms with van der Waals surface area (Å²) in [5.41, 5.74) is 1.18. The van der Waals surface area contributed by atoms with Crippen LogP contribution in [0.4, 0.5) is 22.9 Å². The predicted octanol–water partition coefficient (Wildman–Crippen LogP) is 4.36. The standard InChI is InChI=1S/C22H23N5O3/c28-22(25-15-7-6-14-24-21-10-4-5-13-23-21)17-11-12-19(20(16-17)27(29)30)26-18-8-2-1-3-9-18/h1-5,8-13,16,26H,6-7,14-15H2,(H,23,24)(H,25,28). The van der Waals surface area contributed by atoms with Gasteiger partial charge in [0.05, 0.1) is 4.92 Å². The third-order valence-corrected chi connectivity index (χ3v) is 4.37. The number of nitrogens with one attached hydrogen (secondary N) is 3. The zero-order valence-corrected chi connectivity index (χ0v) is 16.4. The molecule has 2 aromatic carbocycles. The molecular formula is C22H23N5O3. The molecule has 1 heterocycles. The first kappa shape index (κ1) is 20.8. The fraction of sp³-hybridized carbons (Fsp3) is 0.182. The number of anilines is 3. The molecule has 30 heavy (non-hydrogen) atoms. The first-order chi connectivity index (χ1) is 14.6. The molecule has 3 N–H and O–H groups in total. The lowest BCUT2D eigenvalue weighted by atomic mass is 10.1. The van der Waals surface area contributed by atoms with Crippen LogP contribution in [0.1, 0.15) is 23.2 Å². The summed E-state index contributed by atoms with van der Waals surface area (Å²) in [5.74, 6) is 0.486. The minimum Gasteiger partial charge on any atom is -0.370 e. The number of pyridine rings is 1. The molecular weight excluding hydrogens is 382 g/mol. The molecule has 3 aromatic rings. The first-order valence-electron chi connectivity index (χ1n) is 9.67. The van der Waals surface area contributed by atoms with Crippen molar-refractivity contribution in [2.75, 3.05) is 23.7 Å². The summed E-state index contributed by atoms with van der Waals surface area (Å²) in [6.07, 6.45) is 3.36. The Labute approximate surface area is 174 Å². The second-order valence-electron chi connectivity index (χ2n) is 6.58. The number of aromatic nitrogens is 1. The van der Waals surface area contributed by atoms with E-state index in [4.69, 9.17) is 0 Å². The van der Waals surface area contributed by atoms with Crippen molar-refractivity contribution in [3.8, 4) is 0 Å². The van der Waals surface area contributed by atoms with Gasteiger partial charge in [-0.3, -0.25) is 14.9 Å². The Morgan fingerprint density at radius 2 is 1.73 bits per heavy atom. The van der Waals surface area contributed by atoms with Crippen LogP contribution >= 0.6 is 0 Å². The van der Waals surface area contributed by atoms with Gasteiger partial charge in [0.1, 0.15) is 11.5 Å². The van der Waals surface area contributed by atoms with Crippen molar-refractivity contribution in [3.05, 3.63) is 88.6 Å². The number of hydrogen-bond acceptors (Lipinski definition) is 6. The van der Waals surface area contributed by atoms with Gasteiger partial charge in [0.25, 0.3) is 11.6 Å². The van der Waals surface area contributed by atoms with Crippen molar-refractivity contribution >= 4 is 28.8 Å². The van der Waals surface area contributed by atoms with Crippen molar-refractivity contribution in [1.82, 2.24) is 10.3 Å². The molecule has 0 radical (unpaired) electrons. The van der Waals surface area contributed by atoms with Gasteiger partial charge in [-0.05, 0) is 49.2 Å².